The summed E-state index contributed by atoms with van der Waals surface area (Å²) in [6, 6.07) is 11.6. The van der Waals surface area contributed by atoms with E-state index < -0.39 is 0 Å². The molecule has 120 valence electrons. The van der Waals surface area contributed by atoms with Crippen LogP contribution < -0.4 is 10.2 Å². The number of carbonyl (C=O) groups excluding carboxylic acids is 1. The first-order chi connectivity index (χ1) is 11.2. The van der Waals surface area contributed by atoms with Crippen molar-refractivity contribution in [3.8, 4) is 0 Å². The minimum absolute atomic E-state index is 0.169. The Hall–Kier alpha value is -2.36. The first kappa shape index (κ1) is 15.5. The van der Waals surface area contributed by atoms with Crippen molar-refractivity contribution in [1.29, 1.82) is 0 Å². The molecule has 1 aliphatic heterocycles. The van der Waals surface area contributed by atoms with Gasteiger partial charge in [0.15, 0.2) is 0 Å². The molecule has 0 unspecified atom stereocenters. The van der Waals surface area contributed by atoms with Gasteiger partial charge < -0.3 is 10.2 Å². The summed E-state index contributed by atoms with van der Waals surface area (Å²) < 4.78 is 0. The normalized spacial score (nSPS) is 15.1. The fourth-order valence-corrected chi connectivity index (χ4v) is 2.95. The van der Waals surface area contributed by atoms with Crippen molar-refractivity contribution in [2.75, 3.05) is 23.3 Å². The van der Waals surface area contributed by atoms with Crippen molar-refractivity contribution in [2.45, 2.75) is 32.6 Å². The molecule has 0 spiro atoms. The van der Waals surface area contributed by atoms with Gasteiger partial charge in [-0.3, -0.25) is 4.79 Å². The van der Waals surface area contributed by atoms with Crippen molar-refractivity contribution in [3.05, 3.63) is 53.9 Å². The number of nitrogens with zero attached hydrogens (tertiary/aromatic N) is 2. The maximum absolute atomic E-state index is 12.3. The molecule has 0 atom stereocenters. The van der Waals surface area contributed by atoms with Gasteiger partial charge in [-0.2, -0.15) is 0 Å². The molecule has 4 nitrogen and oxygen atoms in total. The van der Waals surface area contributed by atoms with E-state index in [4.69, 9.17) is 0 Å². The second-order valence-corrected chi connectivity index (χ2v) is 6.13. The van der Waals surface area contributed by atoms with Crippen LogP contribution in [0.1, 0.15) is 41.7 Å². The predicted octanol–water partition coefficient (Wildman–Crippen LogP) is 4.02. The Bertz CT molecular complexity index is 659. The van der Waals surface area contributed by atoms with Crippen molar-refractivity contribution >= 4 is 17.3 Å². The molecular weight excluding hydrogens is 286 g/mol. The van der Waals surface area contributed by atoms with Gasteiger partial charge >= 0.3 is 0 Å². The van der Waals surface area contributed by atoms with Crippen LogP contribution in [0.4, 0.5) is 11.4 Å². The number of rotatable bonds is 3. The standard InChI is InChI=1S/C19H23N3O/c1-15-7-6-8-16(13-15)21-19(23)18-10-9-17(14-20-18)22-11-4-2-3-5-12-22/h6-10,13-14H,2-5,11-12H2,1H3,(H,21,23). The van der Waals surface area contributed by atoms with Crippen molar-refractivity contribution < 1.29 is 4.79 Å². The second-order valence-electron chi connectivity index (χ2n) is 6.13. The first-order valence-corrected chi connectivity index (χ1v) is 8.31. The van der Waals surface area contributed by atoms with Crippen LogP contribution in [0.2, 0.25) is 0 Å². The lowest BCUT2D eigenvalue weighted by Gasteiger charge is -2.22. The van der Waals surface area contributed by atoms with Gasteiger partial charge in [0.25, 0.3) is 5.91 Å². The summed E-state index contributed by atoms with van der Waals surface area (Å²) in [7, 11) is 0. The molecule has 1 N–H and O–H groups in total. The van der Waals surface area contributed by atoms with E-state index in [0.29, 0.717) is 5.69 Å². The zero-order chi connectivity index (χ0) is 16.1. The molecule has 1 amide bonds. The van der Waals surface area contributed by atoms with E-state index in [2.05, 4.69) is 15.2 Å². The van der Waals surface area contributed by atoms with Crippen LogP contribution >= 0.6 is 0 Å². The Labute approximate surface area is 137 Å². The summed E-state index contributed by atoms with van der Waals surface area (Å²) in [6.07, 6.45) is 6.89. The topological polar surface area (TPSA) is 45.2 Å². The van der Waals surface area contributed by atoms with Gasteiger partial charge in [0.05, 0.1) is 11.9 Å². The number of anilines is 2. The lowest BCUT2D eigenvalue weighted by atomic mass is 10.2. The van der Waals surface area contributed by atoms with Crippen LogP contribution in [-0.2, 0) is 0 Å². The van der Waals surface area contributed by atoms with Gasteiger partial charge in [0.2, 0.25) is 0 Å². The fraction of sp³-hybridized carbons (Fsp3) is 0.368. The first-order valence-electron chi connectivity index (χ1n) is 8.31. The van der Waals surface area contributed by atoms with Gasteiger partial charge in [-0.05, 0) is 49.6 Å². The van der Waals surface area contributed by atoms with Crippen molar-refractivity contribution in [1.82, 2.24) is 4.98 Å². The average molecular weight is 309 g/mol. The van der Waals surface area contributed by atoms with E-state index in [1.807, 2.05) is 49.5 Å². The number of aromatic nitrogens is 1. The molecule has 2 heterocycles. The number of pyridine rings is 1. The van der Waals surface area contributed by atoms with Crippen LogP contribution in [0.25, 0.3) is 0 Å². The molecule has 0 radical (unpaired) electrons. The molecule has 1 aromatic carbocycles. The quantitative estimate of drug-likeness (QED) is 0.931. The Kier molecular flexibility index (Phi) is 4.91. The third-order valence-corrected chi connectivity index (χ3v) is 4.23. The largest absolute Gasteiger partial charge is 0.370 e. The second kappa shape index (κ2) is 7.27. The molecule has 3 rings (SSSR count). The molecule has 1 aliphatic rings. The maximum atomic E-state index is 12.3. The highest BCUT2D eigenvalue weighted by Crippen LogP contribution is 2.19. The van der Waals surface area contributed by atoms with Crippen LogP contribution in [0.15, 0.2) is 42.6 Å². The smallest absolute Gasteiger partial charge is 0.274 e. The lowest BCUT2D eigenvalue weighted by molar-refractivity contribution is 0.102. The van der Waals surface area contributed by atoms with E-state index in [0.717, 1.165) is 30.0 Å². The monoisotopic (exact) mass is 309 g/mol. The fourth-order valence-electron chi connectivity index (χ4n) is 2.95. The molecular formula is C19H23N3O. The van der Waals surface area contributed by atoms with Crippen LogP contribution in [0, 0.1) is 6.92 Å². The van der Waals surface area contributed by atoms with Crippen LogP contribution in [0.5, 0.6) is 0 Å². The van der Waals surface area contributed by atoms with Gasteiger partial charge in [-0.15, -0.1) is 0 Å². The zero-order valence-electron chi connectivity index (χ0n) is 13.6. The molecule has 0 bridgehead atoms. The van der Waals surface area contributed by atoms with Gasteiger partial charge in [0, 0.05) is 18.8 Å². The Morgan fingerprint density at radius 2 is 1.87 bits per heavy atom. The summed E-state index contributed by atoms with van der Waals surface area (Å²) in [5, 5.41) is 2.89. The number of hydrogen-bond donors (Lipinski definition) is 1. The Balaban J connectivity index is 1.67. The average Bonchev–Trinajstić information content (AvgIpc) is 2.84. The van der Waals surface area contributed by atoms with E-state index in [1.54, 1.807) is 0 Å². The summed E-state index contributed by atoms with van der Waals surface area (Å²) in [5.41, 5.74) is 3.48. The number of carbonyl (C=O) groups is 1. The number of aryl methyl sites for hydroxylation is 1. The third-order valence-electron chi connectivity index (χ3n) is 4.23. The van der Waals surface area contributed by atoms with Crippen LogP contribution in [-0.4, -0.2) is 24.0 Å². The molecule has 23 heavy (non-hydrogen) atoms. The summed E-state index contributed by atoms with van der Waals surface area (Å²) in [5.74, 6) is -0.169. The van der Waals surface area contributed by atoms with Gasteiger partial charge in [0.1, 0.15) is 5.69 Å². The third kappa shape index (κ3) is 4.09. The number of benzene rings is 1. The predicted molar refractivity (Wildman–Crippen MR) is 94.1 cm³/mol. The lowest BCUT2D eigenvalue weighted by Crippen LogP contribution is -2.24. The molecule has 4 heteroatoms. The SMILES string of the molecule is Cc1cccc(NC(=O)c2ccc(N3CCCCCC3)cn2)c1. The molecule has 2 aromatic rings. The number of amides is 1. The molecule has 1 fully saturated rings. The van der Waals surface area contributed by atoms with Crippen LogP contribution in [0.3, 0.4) is 0 Å². The number of hydrogen-bond acceptors (Lipinski definition) is 3. The number of nitrogens with one attached hydrogen (secondary N) is 1. The molecule has 1 aromatic heterocycles. The molecule has 0 aliphatic carbocycles. The van der Waals surface area contributed by atoms with Crippen molar-refractivity contribution in [3.63, 3.8) is 0 Å². The highest BCUT2D eigenvalue weighted by molar-refractivity contribution is 6.02. The van der Waals surface area contributed by atoms with E-state index in [1.165, 1.54) is 25.7 Å². The van der Waals surface area contributed by atoms with Crippen molar-refractivity contribution in [2.24, 2.45) is 0 Å². The zero-order valence-corrected chi connectivity index (χ0v) is 13.6. The Morgan fingerprint density at radius 1 is 1.09 bits per heavy atom. The minimum atomic E-state index is -0.169. The van der Waals surface area contributed by atoms with E-state index in [-0.39, 0.29) is 5.91 Å². The highest BCUT2D eigenvalue weighted by atomic mass is 16.1. The summed E-state index contributed by atoms with van der Waals surface area (Å²) in [6.45, 7) is 4.16. The summed E-state index contributed by atoms with van der Waals surface area (Å²) in [4.78, 5) is 19.0. The van der Waals surface area contributed by atoms with E-state index >= 15 is 0 Å². The van der Waals surface area contributed by atoms with Gasteiger partial charge in [-0.25, -0.2) is 4.98 Å². The summed E-state index contributed by atoms with van der Waals surface area (Å²) >= 11 is 0. The van der Waals surface area contributed by atoms with E-state index in [9.17, 15) is 4.79 Å². The highest BCUT2D eigenvalue weighted by Gasteiger charge is 2.12. The van der Waals surface area contributed by atoms with Gasteiger partial charge in [-0.1, -0.05) is 25.0 Å². The molecule has 0 saturated carbocycles. The minimum Gasteiger partial charge on any atom is -0.370 e. The molecule has 1 saturated heterocycles. The maximum Gasteiger partial charge on any atom is 0.274 e. The Morgan fingerprint density at radius 3 is 2.52 bits per heavy atom.